The van der Waals surface area contributed by atoms with Crippen molar-refractivity contribution in [2.45, 2.75) is 39.3 Å². The molecule has 0 aliphatic heterocycles. The number of likely N-dealkylation sites (N-methyl/N-ethyl adjacent to an activating group) is 1. The first-order chi connectivity index (χ1) is 13.2. The molecular formula is C21H39IN4O2. The van der Waals surface area contributed by atoms with E-state index in [0.29, 0.717) is 25.9 Å². The Morgan fingerprint density at radius 2 is 1.75 bits per heavy atom. The van der Waals surface area contributed by atoms with E-state index in [4.69, 9.17) is 9.47 Å². The molecule has 1 unspecified atom stereocenters. The Hall–Kier alpha value is -0.900. The van der Waals surface area contributed by atoms with Crippen LogP contribution in [0.2, 0.25) is 0 Å². The first kappa shape index (κ1) is 27.1. The number of nitrogens with one attached hydrogen (secondary N) is 2. The fourth-order valence-corrected chi connectivity index (χ4v) is 2.46. The summed E-state index contributed by atoms with van der Waals surface area (Å²) in [7, 11) is 3.93. The van der Waals surface area contributed by atoms with E-state index in [1.807, 2.05) is 6.07 Å². The molecule has 1 atom stereocenters. The number of ether oxygens (including phenoxy) is 2. The zero-order chi connectivity index (χ0) is 19.7. The third-order valence-corrected chi connectivity index (χ3v) is 4.37. The van der Waals surface area contributed by atoms with Gasteiger partial charge in [0.05, 0.1) is 19.8 Å². The van der Waals surface area contributed by atoms with Crippen molar-refractivity contribution in [2.75, 3.05) is 53.6 Å². The van der Waals surface area contributed by atoms with E-state index in [2.05, 4.69) is 65.7 Å². The summed E-state index contributed by atoms with van der Waals surface area (Å²) in [6.07, 6.45) is 2.28. The number of guanidine groups is 1. The quantitative estimate of drug-likeness (QED) is 0.176. The molecule has 28 heavy (non-hydrogen) atoms. The molecule has 0 aromatic heterocycles. The lowest BCUT2D eigenvalue weighted by Crippen LogP contribution is -2.45. The predicted octanol–water partition coefficient (Wildman–Crippen LogP) is 3.12. The number of benzene rings is 1. The van der Waals surface area contributed by atoms with Crippen LogP contribution in [0, 0.1) is 0 Å². The molecule has 6 nitrogen and oxygen atoms in total. The van der Waals surface area contributed by atoms with Crippen molar-refractivity contribution in [1.82, 2.24) is 15.5 Å². The highest BCUT2D eigenvalue weighted by atomic mass is 127. The summed E-state index contributed by atoms with van der Waals surface area (Å²) in [6, 6.07) is 10.9. The molecular weight excluding hydrogens is 467 g/mol. The van der Waals surface area contributed by atoms with Crippen LogP contribution in [0.4, 0.5) is 0 Å². The SMILES string of the molecule is CCCCOCCOCCNC(=NC)NCC(C)N(C)Cc1ccccc1.I. The maximum atomic E-state index is 5.56. The second kappa shape index (κ2) is 18.1. The molecule has 2 N–H and O–H groups in total. The maximum absolute atomic E-state index is 5.56. The van der Waals surface area contributed by atoms with Crippen LogP contribution >= 0.6 is 24.0 Å². The summed E-state index contributed by atoms with van der Waals surface area (Å²) < 4.78 is 11.0. The van der Waals surface area contributed by atoms with Crippen molar-refractivity contribution in [3.05, 3.63) is 35.9 Å². The molecule has 1 aromatic carbocycles. The van der Waals surface area contributed by atoms with Crippen LogP contribution in [0.3, 0.4) is 0 Å². The molecule has 7 heteroatoms. The lowest BCUT2D eigenvalue weighted by molar-refractivity contribution is 0.0487. The molecule has 0 amide bonds. The third kappa shape index (κ3) is 13.3. The molecule has 0 spiro atoms. The van der Waals surface area contributed by atoms with E-state index in [0.717, 1.165) is 45.0 Å². The predicted molar refractivity (Wildman–Crippen MR) is 129 cm³/mol. The van der Waals surface area contributed by atoms with E-state index in [1.165, 1.54) is 5.56 Å². The molecule has 0 fully saturated rings. The minimum absolute atomic E-state index is 0. The highest BCUT2D eigenvalue weighted by molar-refractivity contribution is 14.0. The number of rotatable bonds is 14. The highest BCUT2D eigenvalue weighted by Crippen LogP contribution is 2.05. The van der Waals surface area contributed by atoms with Gasteiger partial charge in [-0.3, -0.25) is 9.89 Å². The van der Waals surface area contributed by atoms with Gasteiger partial charge in [0.25, 0.3) is 0 Å². The zero-order valence-electron chi connectivity index (χ0n) is 17.9. The average molecular weight is 506 g/mol. The molecule has 162 valence electrons. The Bertz CT molecular complexity index is 502. The Morgan fingerprint density at radius 1 is 1.07 bits per heavy atom. The van der Waals surface area contributed by atoms with E-state index >= 15 is 0 Å². The van der Waals surface area contributed by atoms with E-state index in [9.17, 15) is 0 Å². The topological polar surface area (TPSA) is 58.1 Å². The van der Waals surface area contributed by atoms with Crippen LogP contribution in [0.15, 0.2) is 35.3 Å². The number of nitrogens with zero attached hydrogens (tertiary/aromatic N) is 2. The second-order valence-electron chi connectivity index (χ2n) is 6.71. The van der Waals surface area contributed by atoms with Crippen LogP contribution in [-0.4, -0.2) is 70.5 Å². The van der Waals surface area contributed by atoms with Gasteiger partial charge in [-0.15, -0.1) is 24.0 Å². The van der Waals surface area contributed by atoms with Gasteiger partial charge in [-0.25, -0.2) is 0 Å². The second-order valence-corrected chi connectivity index (χ2v) is 6.71. The smallest absolute Gasteiger partial charge is 0.191 e. The van der Waals surface area contributed by atoms with Crippen LogP contribution in [-0.2, 0) is 16.0 Å². The number of aliphatic imine (C=N–C) groups is 1. The number of halogens is 1. The molecule has 1 rings (SSSR count). The molecule has 0 radical (unpaired) electrons. The molecule has 0 heterocycles. The monoisotopic (exact) mass is 506 g/mol. The minimum atomic E-state index is 0. The van der Waals surface area contributed by atoms with Gasteiger partial charge in [-0.1, -0.05) is 43.7 Å². The van der Waals surface area contributed by atoms with Gasteiger partial charge in [-0.05, 0) is 26.0 Å². The fourth-order valence-electron chi connectivity index (χ4n) is 2.46. The molecule has 0 aliphatic carbocycles. The molecule has 0 aliphatic rings. The van der Waals surface area contributed by atoms with Crippen molar-refractivity contribution in [2.24, 2.45) is 4.99 Å². The van der Waals surface area contributed by atoms with Crippen molar-refractivity contribution in [1.29, 1.82) is 0 Å². The third-order valence-electron chi connectivity index (χ3n) is 4.37. The normalized spacial score (nSPS) is 12.5. The van der Waals surface area contributed by atoms with Crippen LogP contribution in [0.25, 0.3) is 0 Å². The summed E-state index contributed by atoms with van der Waals surface area (Å²) in [6.45, 7) is 9.63. The molecule has 0 saturated carbocycles. The van der Waals surface area contributed by atoms with Gasteiger partial charge < -0.3 is 20.1 Å². The van der Waals surface area contributed by atoms with Gasteiger partial charge in [0.15, 0.2) is 5.96 Å². The van der Waals surface area contributed by atoms with Crippen LogP contribution in [0.5, 0.6) is 0 Å². The summed E-state index contributed by atoms with van der Waals surface area (Å²) in [4.78, 5) is 6.60. The maximum Gasteiger partial charge on any atom is 0.191 e. The van der Waals surface area contributed by atoms with Crippen molar-refractivity contribution >= 4 is 29.9 Å². The summed E-state index contributed by atoms with van der Waals surface area (Å²) in [5, 5.41) is 6.66. The zero-order valence-corrected chi connectivity index (χ0v) is 20.3. The van der Waals surface area contributed by atoms with Gasteiger partial charge in [0.2, 0.25) is 0 Å². The van der Waals surface area contributed by atoms with Crippen LogP contribution in [0.1, 0.15) is 32.3 Å². The van der Waals surface area contributed by atoms with Crippen molar-refractivity contribution < 1.29 is 9.47 Å². The largest absolute Gasteiger partial charge is 0.379 e. The first-order valence-electron chi connectivity index (χ1n) is 10.0. The van der Waals surface area contributed by atoms with E-state index in [1.54, 1.807) is 7.05 Å². The number of hydrogen-bond acceptors (Lipinski definition) is 4. The number of hydrogen-bond donors (Lipinski definition) is 2. The molecule has 1 aromatic rings. The van der Waals surface area contributed by atoms with Crippen molar-refractivity contribution in [3.8, 4) is 0 Å². The van der Waals surface area contributed by atoms with Crippen LogP contribution < -0.4 is 10.6 Å². The average Bonchev–Trinajstić information content (AvgIpc) is 2.69. The molecule has 0 saturated heterocycles. The minimum Gasteiger partial charge on any atom is -0.379 e. The first-order valence-corrected chi connectivity index (χ1v) is 10.0. The Kier molecular flexibility index (Phi) is 17.6. The summed E-state index contributed by atoms with van der Waals surface area (Å²) >= 11 is 0. The Labute approximate surface area is 188 Å². The van der Waals surface area contributed by atoms with Gasteiger partial charge >= 0.3 is 0 Å². The lowest BCUT2D eigenvalue weighted by Gasteiger charge is -2.25. The highest BCUT2D eigenvalue weighted by Gasteiger charge is 2.10. The van der Waals surface area contributed by atoms with E-state index < -0.39 is 0 Å². The standard InChI is InChI=1S/C21H38N4O2.HI/c1-5-6-13-26-15-16-27-14-12-23-21(22-3)24-17-19(2)25(4)18-20-10-8-7-9-11-20;/h7-11,19H,5-6,12-18H2,1-4H3,(H2,22,23,24);1H. The molecule has 0 bridgehead atoms. The Morgan fingerprint density at radius 3 is 2.39 bits per heavy atom. The number of unbranched alkanes of at least 4 members (excludes halogenated alkanes) is 1. The fraction of sp³-hybridized carbons (Fsp3) is 0.667. The van der Waals surface area contributed by atoms with Gasteiger partial charge in [0.1, 0.15) is 0 Å². The van der Waals surface area contributed by atoms with E-state index in [-0.39, 0.29) is 24.0 Å². The lowest BCUT2D eigenvalue weighted by atomic mass is 10.2. The Balaban J connectivity index is 0.00000729. The van der Waals surface area contributed by atoms with Crippen molar-refractivity contribution in [3.63, 3.8) is 0 Å². The summed E-state index contributed by atoms with van der Waals surface area (Å²) in [5.41, 5.74) is 1.32. The van der Waals surface area contributed by atoms with Gasteiger partial charge in [-0.2, -0.15) is 0 Å². The van der Waals surface area contributed by atoms with Gasteiger partial charge in [0, 0.05) is 39.3 Å². The summed E-state index contributed by atoms with van der Waals surface area (Å²) in [5.74, 6) is 0.803.